The summed E-state index contributed by atoms with van der Waals surface area (Å²) in [5.74, 6) is -0.110. The van der Waals surface area contributed by atoms with E-state index in [2.05, 4.69) is 0 Å². The molecule has 1 atom stereocenters. The average molecular weight is 280 g/mol. The van der Waals surface area contributed by atoms with Gasteiger partial charge in [0, 0.05) is 0 Å². The highest BCUT2D eigenvalue weighted by molar-refractivity contribution is 8.01. The Labute approximate surface area is 107 Å². The van der Waals surface area contributed by atoms with Crippen molar-refractivity contribution < 1.29 is 18.3 Å². The Bertz CT molecular complexity index is 386. The molecule has 1 rings (SSSR count). The summed E-state index contributed by atoms with van der Waals surface area (Å²) in [6.45, 7) is 4.95. The molecule has 0 spiro atoms. The number of sulfone groups is 1. The summed E-state index contributed by atoms with van der Waals surface area (Å²) in [6.07, 6.45) is 1.64. The Morgan fingerprint density at radius 3 is 2.35 bits per heavy atom. The largest absolute Gasteiger partial charge is 0.480 e. The van der Waals surface area contributed by atoms with Crippen LogP contribution in [-0.4, -0.2) is 40.5 Å². The van der Waals surface area contributed by atoms with Crippen LogP contribution in [0.5, 0.6) is 0 Å². The van der Waals surface area contributed by atoms with Crippen LogP contribution in [0.1, 0.15) is 40.0 Å². The molecule has 1 N–H and O–H groups in total. The second-order valence-corrected chi connectivity index (χ2v) is 9.77. The lowest BCUT2D eigenvalue weighted by molar-refractivity contribution is -0.140. The van der Waals surface area contributed by atoms with E-state index in [0.717, 1.165) is 12.2 Å². The maximum absolute atomic E-state index is 12.0. The van der Waals surface area contributed by atoms with Gasteiger partial charge in [-0.3, -0.25) is 4.79 Å². The minimum atomic E-state index is -3.23. The van der Waals surface area contributed by atoms with Gasteiger partial charge in [0.1, 0.15) is 4.75 Å². The van der Waals surface area contributed by atoms with Crippen LogP contribution in [0, 0.1) is 0 Å². The molecular formula is C11H20O4S2. The minimum absolute atomic E-state index is 0.0458. The molecule has 0 aromatic rings. The third-order valence-electron chi connectivity index (χ3n) is 3.20. The van der Waals surface area contributed by atoms with Crippen molar-refractivity contribution in [3.8, 4) is 0 Å². The molecule has 4 nitrogen and oxygen atoms in total. The summed E-state index contributed by atoms with van der Waals surface area (Å²) in [5, 5.41) is 9.25. The van der Waals surface area contributed by atoms with Gasteiger partial charge in [-0.15, -0.1) is 11.8 Å². The quantitative estimate of drug-likeness (QED) is 0.852. The van der Waals surface area contributed by atoms with Crippen molar-refractivity contribution >= 4 is 27.6 Å². The first-order valence-corrected chi connectivity index (χ1v) is 8.34. The number of aliphatic carboxylic acids is 1. The zero-order valence-electron chi connectivity index (χ0n) is 10.5. The lowest BCUT2D eigenvalue weighted by Gasteiger charge is -2.25. The molecule has 1 heterocycles. The molecule has 0 bridgehead atoms. The van der Waals surface area contributed by atoms with Crippen molar-refractivity contribution in [3.63, 3.8) is 0 Å². The summed E-state index contributed by atoms with van der Waals surface area (Å²) < 4.78 is 22.3. The third-order valence-corrected chi connectivity index (χ3v) is 7.44. The molecule has 0 aromatic heterocycles. The Morgan fingerprint density at radius 1 is 1.41 bits per heavy atom. The van der Waals surface area contributed by atoms with Crippen LogP contribution in [0.3, 0.4) is 0 Å². The zero-order chi connectivity index (χ0) is 13.3. The number of rotatable bonds is 4. The van der Waals surface area contributed by atoms with Crippen molar-refractivity contribution in [1.82, 2.24) is 0 Å². The molecule has 1 saturated heterocycles. The van der Waals surface area contributed by atoms with Crippen LogP contribution in [0.25, 0.3) is 0 Å². The molecule has 1 aliphatic heterocycles. The SMILES string of the molecule is CC(C)(C)S(=O)(=O)CCC1(C(=O)O)CCCS1. The monoisotopic (exact) mass is 280 g/mol. The van der Waals surface area contributed by atoms with E-state index >= 15 is 0 Å². The molecule has 100 valence electrons. The second kappa shape index (κ2) is 4.80. The van der Waals surface area contributed by atoms with E-state index in [1.54, 1.807) is 20.8 Å². The van der Waals surface area contributed by atoms with Crippen LogP contribution in [-0.2, 0) is 14.6 Å². The highest BCUT2D eigenvalue weighted by Crippen LogP contribution is 2.41. The molecular weight excluding hydrogens is 260 g/mol. The van der Waals surface area contributed by atoms with Crippen LogP contribution in [0.4, 0.5) is 0 Å². The molecule has 6 heteroatoms. The molecule has 0 amide bonds. The van der Waals surface area contributed by atoms with Gasteiger partial charge in [0.2, 0.25) is 0 Å². The van der Waals surface area contributed by atoms with E-state index in [4.69, 9.17) is 0 Å². The highest BCUT2D eigenvalue weighted by atomic mass is 32.2. The second-order valence-electron chi connectivity index (χ2n) is 5.43. The Hall–Kier alpha value is -0.230. The zero-order valence-corrected chi connectivity index (χ0v) is 12.2. The van der Waals surface area contributed by atoms with Gasteiger partial charge in [-0.05, 0) is 45.8 Å². The van der Waals surface area contributed by atoms with Gasteiger partial charge in [0.15, 0.2) is 9.84 Å². The molecule has 0 aromatic carbocycles. The standard InChI is InChI=1S/C11H20O4S2/c1-10(2,3)17(14,15)8-6-11(9(12)13)5-4-7-16-11/h4-8H2,1-3H3,(H,12,13). The van der Waals surface area contributed by atoms with Gasteiger partial charge >= 0.3 is 5.97 Å². The van der Waals surface area contributed by atoms with Gasteiger partial charge in [0.25, 0.3) is 0 Å². The topological polar surface area (TPSA) is 71.4 Å². The molecule has 0 radical (unpaired) electrons. The smallest absolute Gasteiger partial charge is 0.319 e. The fraction of sp³-hybridized carbons (Fsp3) is 0.909. The number of thioether (sulfide) groups is 1. The van der Waals surface area contributed by atoms with Crippen LogP contribution in [0.15, 0.2) is 0 Å². The third kappa shape index (κ3) is 3.16. The number of carbonyl (C=O) groups is 1. The van der Waals surface area contributed by atoms with Crippen LogP contribution < -0.4 is 0 Å². The lowest BCUT2D eigenvalue weighted by Crippen LogP contribution is -2.38. The molecule has 1 fully saturated rings. The first-order valence-electron chi connectivity index (χ1n) is 5.70. The van der Waals surface area contributed by atoms with Crippen LogP contribution >= 0.6 is 11.8 Å². The van der Waals surface area contributed by atoms with Crippen molar-refractivity contribution in [1.29, 1.82) is 0 Å². The predicted molar refractivity (Wildman–Crippen MR) is 70.2 cm³/mol. The maximum Gasteiger partial charge on any atom is 0.319 e. The molecule has 1 unspecified atom stereocenters. The van der Waals surface area contributed by atoms with Gasteiger partial charge in [0.05, 0.1) is 10.5 Å². The van der Waals surface area contributed by atoms with E-state index in [0.29, 0.717) is 6.42 Å². The lowest BCUT2D eigenvalue weighted by atomic mass is 10.0. The van der Waals surface area contributed by atoms with Crippen LogP contribution in [0.2, 0.25) is 0 Å². The normalized spacial score (nSPS) is 26.1. The number of hydrogen-bond donors (Lipinski definition) is 1. The summed E-state index contributed by atoms with van der Waals surface area (Å²) >= 11 is 1.39. The molecule has 0 aliphatic carbocycles. The summed E-state index contributed by atoms with van der Waals surface area (Å²) in [7, 11) is -3.23. The predicted octanol–water partition coefficient (Wildman–Crippen LogP) is 1.94. The van der Waals surface area contributed by atoms with E-state index in [1.807, 2.05) is 0 Å². The first kappa shape index (κ1) is 14.8. The Balaban J connectivity index is 2.76. The average Bonchev–Trinajstić information content (AvgIpc) is 2.62. The van der Waals surface area contributed by atoms with Gasteiger partial charge in [-0.1, -0.05) is 0 Å². The minimum Gasteiger partial charge on any atom is -0.480 e. The van der Waals surface area contributed by atoms with E-state index < -0.39 is 25.3 Å². The summed E-state index contributed by atoms with van der Waals surface area (Å²) in [4.78, 5) is 11.3. The van der Waals surface area contributed by atoms with Crippen molar-refractivity contribution in [2.45, 2.75) is 49.5 Å². The molecule has 1 aliphatic rings. The van der Waals surface area contributed by atoms with Crippen molar-refractivity contribution in [2.24, 2.45) is 0 Å². The number of carboxylic acid groups (broad SMARTS) is 1. The Kier molecular flexibility index (Phi) is 4.19. The van der Waals surface area contributed by atoms with Gasteiger partial charge in [-0.2, -0.15) is 0 Å². The maximum atomic E-state index is 12.0. The summed E-state index contributed by atoms with van der Waals surface area (Å²) in [6, 6.07) is 0. The Morgan fingerprint density at radius 2 is 2.00 bits per heavy atom. The molecule has 0 saturated carbocycles. The van der Waals surface area contributed by atoms with Crippen molar-refractivity contribution in [3.05, 3.63) is 0 Å². The first-order chi connectivity index (χ1) is 7.61. The van der Waals surface area contributed by atoms with E-state index in [-0.39, 0.29) is 12.2 Å². The van der Waals surface area contributed by atoms with Gasteiger partial charge < -0.3 is 5.11 Å². The van der Waals surface area contributed by atoms with E-state index in [9.17, 15) is 18.3 Å². The number of hydrogen-bond acceptors (Lipinski definition) is 4. The number of carboxylic acids is 1. The van der Waals surface area contributed by atoms with E-state index in [1.165, 1.54) is 11.8 Å². The fourth-order valence-corrected chi connectivity index (χ4v) is 4.47. The highest BCUT2D eigenvalue weighted by Gasteiger charge is 2.44. The van der Waals surface area contributed by atoms with Crippen molar-refractivity contribution in [2.75, 3.05) is 11.5 Å². The fourth-order valence-electron chi connectivity index (χ4n) is 1.78. The molecule has 17 heavy (non-hydrogen) atoms. The summed E-state index contributed by atoms with van der Waals surface area (Å²) in [5.41, 5.74) is 0. The van der Waals surface area contributed by atoms with Gasteiger partial charge in [-0.25, -0.2) is 8.42 Å².